The number of nitrogens with one attached hydrogen (secondary N) is 2. The van der Waals surface area contributed by atoms with Gasteiger partial charge in [-0.15, -0.1) is 0 Å². The van der Waals surface area contributed by atoms with Gasteiger partial charge in [0.1, 0.15) is 5.00 Å². The summed E-state index contributed by atoms with van der Waals surface area (Å²) in [4.78, 5) is 38.5. The quantitative estimate of drug-likeness (QED) is 0.624. The van der Waals surface area contributed by atoms with E-state index in [4.69, 9.17) is 4.74 Å². The maximum absolute atomic E-state index is 11.9. The zero-order valence-corrected chi connectivity index (χ0v) is 13.1. The lowest BCUT2D eigenvalue weighted by Crippen LogP contribution is -2.30. The highest BCUT2D eigenvalue weighted by atomic mass is 32.2. The third kappa shape index (κ3) is 4.20. The Kier molecular flexibility index (Phi) is 5.96. The Bertz CT molecular complexity index is 530. The second-order valence-corrected chi connectivity index (χ2v) is 5.73. The van der Waals surface area contributed by atoms with Crippen LogP contribution in [0.5, 0.6) is 0 Å². The van der Waals surface area contributed by atoms with Crippen LogP contribution in [0.1, 0.15) is 24.3 Å². The van der Waals surface area contributed by atoms with Gasteiger partial charge in [-0.05, 0) is 13.2 Å². The fourth-order valence-electron chi connectivity index (χ4n) is 1.26. The van der Waals surface area contributed by atoms with E-state index < -0.39 is 23.9 Å². The van der Waals surface area contributed by atoms with E-state index in [2.05, 4.69) is 15.6 Å². The smallest absolute Gasteiger partial charge is 0.303 e. The molecule has 0 fully saturated rings. The molecule has 2 amide bonds. The molecule has 110 valence electrons. The molecule has 0 aliphatic carbocycles. The lowest BCUT2D eigenvalue weighted by Gasteiger charge is -2.11. The number of hydrogen-bond donors (Lipinski definition) is 2. The van der Waals surface area contributed by atoms with E-state index in [0.29, 0.717) is 9.34 Å². The molecule has 1 unspecified atom stereocenters. The number of ether oxygens (including phenoxy) is 1. The molecule has 1 rings (SSSR count). The Hall–Kier alpha value is -1.61. The van der Waals surface area contributed by atoms with E-state index in [1.54, 1.807) is 0 Å². The molecule has 0 saturated heterocycles. The third-order valence-electron chi connectivity index (χ3n) is 2.17. The van der Waals surface area contributed by atoms with Gasteiger partial charge >= 0.3 is 5.97 Å². The molecular weight excluding hydrogens is 302 g/mol. The fourth-order valence-corrected chi connectivity index (χ4v) is 2.72. The summed E-state index contributed by atoms with van der Waals surface area (Å²) in [5, 5.41) is 5.34. The number of thioether (sulfide) groups is 1. The first-order valence-electron chi connectivity index (χ1n) is 5.64. The molecule has 0 spiro atoms. The second kappa shape index (κ2) is 7.25. The van der Waals surface area contributed by atoms with Gasteiger partial charge in [0.15, 0.2) is 16.1 Å². The first-order chi connectivity index (χ1) is 9.38. The molecule has 0 radical (unpaired) electrons. The zero-order valence-electron chi connectivity index (χ0n) is 11.5. The van der Waals surface area contributed by atoms with Crippen LogP contribution in [0.3, 0.4) is 0 Å². The van der Waals surface area contributed by atoms with Crippen molar-refractivity contribution in [1.29, 1.82) is 0 Å². The molecule has 0 bridgehead atoms. The van der Waals surface area contributed by atoms with Gasteiger partial charge in [-0.2, -0.15) is 0 Å². The molecule has 2 N–H and O–H groups in total. The molecule has 1 heterocycles. The molecule has 9 heteroatoms. The molecule has 7 nitrogen and oxygen atoms in total. The van der Waals surface area contributed by atoms with E-state index in [9.17, 15) is 14.4 Å². The predicted octanol–water partition coefficient (Wildman–Crippen LogP) is 1.11. The fraction of sp³-hybridized carbons (Fsp3) is 0.455. The Morgan fingerprint density at radius 3 is 2.55 bits per heavy atom. The molecule has 20 heavy (non-hydrogen) atoms. The van der Waals surface area contributed by atoms with Gasteiger partial charge in [0.25, 0.3) is 11.8 Å². The number of carbonyl (C=O) groups is 3. The minimum atomic E-state index is -0.940. The summed E-state index contributed by atoms with van der Waals surface area (Å²) in [5.41, 5.74) is 0.144. The summed E-state index contributed by atoms with van der Waals surface area (Å²) in [7, 11) is 1.48. The maximum Gasteiger partial charge on any atom is 0.303 e. The zero-order chi connectivity index (χ0) is 15.3. The predicted molar refractivity (Wildman–Crippen MR) is 77.1 cm³/mol. The van der Waals surface area contributed by atoms with E-state index in [0.717, 1.165) is 0 Å². The molecule has 1 aromatic heterocycles. The van der Waals surface area contributed by atoms with Crippen molar-refractivity contribution in [2.75, 3.05) is 18.6 Å². The first kappa shape index (κ1) is 16.4. The highest BCUT2D eigenvalue weighted by Gasteiger charge is 2.22. The van der Waals surface area contributed by atoms with Crippen molar-refractivity contribution in [3.8, 4) is 0 Å². The van der Waals surface area contributed by atoms with Crippen LogP contribution in [-0.4, -0.2) is 42.2 Å². The summed E-state index contributed by atoms with van der Waals surface area (Å²) in [6.45, 7) is 2.67. The van der Waals surface area contributed by atoms with Gasteiger partial charge < -0.3 is 15.4 Å². The average molecular weight is 317 g/mol. The van der Waals surface area contributed by atoms with Gasteiger partial charge in [0, 0.05) is 14.0 Å². The van der Waals surface area contributed by atoms with Crippen LogP contribution in [0.25, 0.3) is 0 Å². The van der Waals surface area contributed by atoms with Gasteiger partial charge in [-0.25, -0.2) is 4.98 Å². The van der Waals surface area contributed by atoms with Crippen LogP contribution in [0.2, 0.25) is 0 Å². The van der Waals surface area contributed by atoms with Crippen molar-refractivity contribution in [1.82, 2.24) is 10.3 Å². The molecular formula is C11H15N3O4S2. The Balaban J connectivity index is 2.90. The summed E-state index contributed by atoms with van der Waals surface area (Å²) in [6, 6.07) is 0. The monoisotopic (exact) mass is 317 g/mol. The molecule has 0 aliphatic rings. The standard InChI is InChI=1S/C11H15N3O4S2/c1-5(18-6(2)15)8(16)14-10-7(9(17)12-3)13-11(19-4)20-10/h5H,1-4H3,(H,12,17)(H,14,16). The highest BCUT2D eigenvalue weighted by Crippen LogP contribution is 2.30. The molecule has 0 aromatic carbocycles. The van der Waals surface area contributed by atoms with Crippen LogP contribution >= 0.6 is 23.1 Å². The number of thiazole rings is 1. The molecule has 1 atom stereocenters. The lowest BCUT2D eigenvalue weighted by atomic mass is 10.3. The molecule has 0 saturated carbocycles. The number of esters is 1. The lowest BCUT2D eigenvalue weighted by molar-refractivity contribution is -0.150. The van der Waals surface area contributed by atoms with E-state index >= 15 is 0 Å². The Morgan fingerprint density at radius 1 is 1.40 bits per heavy atom. The number of rotatable bonds is 5. The topological polar surface area (TPSA) is 97.4 Å². The van der Waals surface area contributed by atoms with Crippen LogP contribution in [0.15, 0.2) is 4.34 Å². The minimum absolute atomic E-state index is 0.144. The van der Waals surface area contributed by atoms with E-state index in [1.807, 2.05) is 6.26 Å². The highest BCUT2D eigenvalue weighted by molar-refractivity contribution is 8.00. The van der Waals surface area contributed by atoms with Gasteiger partial charge in [0.2, 0.25) is 0 Å². The van der Waals surface area contributed by atoms with Gasteiger partial charge in [0.05, 0.1) is 0 Å². The van der Waals surface area contributed by atoms with Crippen LogP contribution in [0, 0.1) is 0 Å². The van der Waals surface area contributed by atoms with E-state index in [-0.39, 0.29) is 5.69 Å². The van der Waals surface area contributed by atoms with E-state index in [1.165, 1.54) is 44.0 Å². The van der Waals surface area contributed by atoms with Crippen molar-refractivity contribution < 1.29 is 19.1 Å². The first-order valence-corrected chi connectivity index (χ1v) is 7.68. The van der Waals surface area contributed by atoms with Crippen LogP contribution < -0.4 is 10.6 Å². The second-order valence-electron chi connectivity index (χ2n) is 3.68. The number of anilines is 1. The van der Waals surface area contributed by atoms with Crippen LogP contribution in [-0.2, 0) is 14.3 Å². The van der Waals surface area contributed by atoms with Crippen molar-refractivity contribution in [3.05, 3.63) is 5.69 Å². The number of carbonyl (C=O) groups excluding carboxylic acids is 3. The van der Waals surface area contributed by atoms with Gasteiger partial charge in [-0.3, -0.25) is 14.4 Å². The largest absolute Gasteiger partial charge is 0.453 e. The summed E-state index contributed by atoms with van der Waals surface area (Å²) in [6.07, 6.45) is 0.879. The molecule has 1 aromatic rings. The number of amides is 2. The number of nitrogens with zero attached hydrogens (tertiary/aromatic N) is 1. The third-order valence-corrected chi connectivity index (χ3v) is 4.13. The summed E-state index contributed by atoms with van der Waals surface area (Å²) >= 11 is 2.55. The SMILES string of the molecule is CNC(=O)c1nc(SC)sc1NC(=O)C(C)OC(C)=O. The van der Waals surface area contributed by atoms with Crippen molar-refractivity contribution >= 4 is 45.9 Å². The summed E-state index contributed by atoms with van der Waals surface area (Å²) < 4.78 is 5.42. The number of hydrogen-bond acceptors (Lipinski definition) is 7. The normalized spacial score (nSPS) is 11.6. The number of aromatic nitrogens is 1. The van der Waals surface area contributed by atoms with Crippen LogP contribution in [0.4, 0.5) is 5.00 Å². The maximum atomic E-state index is 11.9. The molecule has 0 aliphatic heterocycles. The Labute approximate surface area is 124 Å². The van der Waals surface area contributed by atoms with Gasteiger partial charge in [-0.1, -0.05) is 23.1 Å². The Morgan fingerprint density at radius 2 is 2.05 bits per heavy atom. The van der Waals surface area contributed by atoms with Crippen molar-refractivity contribution in [2.24, 2.45) is 0 Å². The minimum Gasteiger partial charge on any atom is -0.453 e. The summed E-state index contributed by atoms with van der Waals surface area (Å²) in [5.74, 6) is -1.45. The average Bonchev–Trinajstić information content (AvgIpc) is 2.80. The van der Waals surface area contributed by atoms with Crippen molar-refractivity contribution in [2.45, 2.75) is 24.3 Å². The van der Waals surface area contributed by atoms with Crippen molar-refractivity contribution in [3.63, 3.8) is 0 Å².